The quantitative estimate of drug-likeness (QED) is 0.117. The van der Waals surface area contributed by atoms with Crippen molar-refractivity contribution >= 4 is 30.8 Å². The van der Waals surface area contributed by atoms with Crippen LogP contribution in [0.3, 0.4) is 0 Å². The van der Waals surface area contributed by atoms with E-state index in [9.17, 15) is 52.7 Å². The predicted molar refractivity (Wildman–Crippen MR) is 132 cm³/mol. The third-order valence-corrected chi connectivity index (χ3v) is 12.8. The molecule has 0 spiro atoms. The van der Waals surface area contributed by atoms with E-state index in [0.717, 1.165) is 0 Å². The molecule has 0 unspecified atom stereocenters. The molecule has 0 aliphatic carbocycles. The van der Waals surface area contributed by atoms with E-state index in [1.54, 1.807) is 0 Å². The number of halogens is 20. The van der Waals surface area contributed by atoms with Crippen molar-refractivity contribution in [3.05, 3.63) is 116 Å². The van der Waals surface area contributed by atoms with Gasteiger partial charge in [-0.3, -0.25) is 0 Å². The summed E-state index contributed by atoms with van der Waals surface area (Å²) in [5.74, 6) is -70.8. The molecule has 272 valence electrons. The first-order valence-corrected chi connectivity index (χ1v) is 15.5. The zero-order chi connectivity index (χ0) is 38.5. The van der Waals surface area contributed by atoms with Crippen LogP contribution in [-0.4, -0.2) is 26.2 Å². The summed E-state index contributed by atoms with van der Waals surface area (Å²) in [5, 5.41) is 2.25. The summed E-state index contributed by atoms with van der Waals surface area (Å²) in [6, 6.07) is 0. The lowest BCUT2D eigenvalue weighted by Crippen LogP contribution is -2.82. The van der Waals surface area contributed by atoms with E-state index in [-0.39, 0.29) is 0 Å². The fraction of sp³-hybridized carbons (Fsp3) is 0.143. The SMILES string of the molecule is CC[NH2+]CC.Fc1c(F)c(F)[c]([Al-]([c]2c(F)c(F)c(F)c(F)c2F)([c]2c(F)c(F)c(F)c(F)c2F)[c]2c(F)c(F)c(F)c(F)c2F)c(F)c1F. The third kappa shape index (κ3) is 5.83. The lowest BCUT2D eigenvalue weighted by Gasteiger charge is -2.42. The highest BCUT2D eigenvalue weighted by atomic mass is 27.2. The minimum Gasteiger partial charge on any atom is -0.347 e. The first-order valence-electron chi connectivity index (χ1n) is 13.2. The second-order valence-electron chi connectivity index (χ2n) is 9.91. The molecule has 0 aliphatic heterocycles. The van der Waals surface area contributed by atoms with Gasteiger partial charge in [0.25, 0.3) is 0 Å². The van der Waals surface area contributed by atoms with Crippen LogP contribution < -0.4 is 23.0 Å². The average Bonchev–Trinajstić information content (AvgIpc) is 3.08. The maximum absolute atomic E-state index is 15.4. The average molecular weight is 769 g/mol. The smallest absolute Gasteiger partial charge is 0.300 e. The largest absolute Gasteiger partial charge is 0.347 e. The van der Waals surface area contributed by atoms with Gasteiger partial charge in [0.2, 0.25) is 0 Å². The lowest BCUT2D eigenvalue weighted by atomic mass is 10.2. The second kappa shape index (κ2) is 14.7. The monoisotopic (exact) mass is 769 g/mol. The first-order chi connectivity index (χ1) is 23.1. The fourth-order valence-electron chi connectivity index (χ4n) is 5.16. The van der Waals surface area contributed by atoms with Gasteiger partial charge in [-0.2, -0.15) is 0 Å². The van der Waals surface area contributed by atoms with Gasteiger partial charge in [0.05, 0.1) is 13.1 Å². The molecule has 50 heavy (non-hydrogen) atoms. The van der Waals surface area contributed by atoms with E-state index in [1.807, 2.05) is 0 Å². The second-order valence-corrected chi connectivity index (χ2v) is 13.9. The molecule has 0 fully saturated rings. The summed E-state index contributed by atoms with van der Waals surface area (Å²) in [6.45, 7) is 6.75. The van der Waals surface area contributed by atoms with Crippen LogP contribution in [0.15, 0.2) is 0 Å². The topological polar surface area (TPSA) is 16.6 Å². The molecule has 4 aromatic rings. The van der Waals surface area contributed by atoms with Crippen molar-refractivity contribution < 1.29 is 93.1 Å². The van der Waals surface area contributed by atoms with Gasteiger partial charge in [-0.1, -0.05) is 0 Å². The van der Waals surface area contributed by atoms with Crippen LogP contribution in [0.25, 0.3) is 0 Å². The van der Waals surface area contributed by atoms with E-state index >= 15 is 35.1 Å². The van der Waals surface area contributed by atoms with Crippen LogP contribution in [0.4, 0.5) is 87.8 Å². The molecule has 0 saturated carbocycles. The number of rotatable bonds is 6. The molecular weight excluding hydrogens is 757 g/mol. The minimum atomic E-state index is -9.08. The molecule has 1 nitrogen and oxygen atoms in total. The molecule has 4 rings (SSSR count). The van der Waals surface area contributed by atoms with Gasteiger partial charge in [0, 0.05) is 0 Å². The Morgan fingerprint density at radius 1 is 0.260 bits per heavy atom. The van der Waals surface area contributed by atoms with Gasteiger partial charge in [0.15, 0.2) is 69.8 Å². The molecule has 0 heterocycles. The summed E-state index contributed by atoms with van der Waals surface area (Å²) < 4.78 is 280. The molecule has 0 amide bonds. The van der Waals surface area contributed by atoms with E-state index in [0.29, 0.717) is 0 Å². The van der Waals surface area contributed by atoms with Crippen LogP contribution in [0.5, 0.6) is 0 Å². The summed E-state index contributed by atoms with van der Waals surface area (Å²) >= 11 is -9.08. The maximum atomic E-state index is 15.4. The highest BCUT2D eigenvalue weighted by Crippen LogP contribution is 2.30. The fourth-order valence-corrected chi connectivity index (χ4v) is 11.0. The molecule has 0 aliphatic rings. The van der Waals surface area contributed by atoms with Crippen LogP contribution >= 0.6 is 0 Å². The zero-order valence-corrected chi connectivity index (χ0v) is 25.3. The van der Waals surface area contributed by atoms with Gasteiger partial charge in [-0.05, 0) is 13.8 Å². The van der Waals surface area contributed by atoms with Crippen molar-refractivity contribution in [3.63, 3.8) is 0 Å². The Hall–Kier alpha value is -4.03. The van der Waals surface area contributed by atoms with E-state index in [1.165, 1.54) is 13.1 Å². The Morgan fingerprint density at radius 3 is 0.480 bits per heavy atom. The molecule has 22 heteroatoms. The van der Waals surface area contributed by atoms with E-state index in [2.05, 4.69) is 19.2 Å². The van der Waals surface area contributed by atoms with Crippen LogP contribution in [0.1, 0.15) is 13.8 Å². The van der Waals surface area contributed by atoms with Crippen molar-refractivity contribution in [3.8, 4) is 0 Å². The van der Waals surface area contributed by atoms with E-state index in [4.69, 9.17) is 0 Å². The number of nitrogens with two attached hydrogens (primary N) is 1. The molecule has 4 aromatic carbocycles. The van der Waals surface area contributed by atoms with Gasteiger partial charge >= 0.3 is 13.1 Å². The van der Waals surface area contributed by atoms with Crippen molar-refractivity contribution in [1.82, 2.24) is 0 Å². The Kier molecular flexibility index (Phi) is 11.9. The van der Waals surface area contributed by atoms with Crippen molar-refractivity contribution in [2.45, 2.75) is 13.8 Å². The molecule has 0 radical (unpaired) electrons. The first kappa shape index (κ1) is 40.4. The van der Waals surface area contributed by atoms with Gasteiger partial charge in [0.1, 0.15) is 46.5 Å². The predicted octanol–water partition coefficient (Wildman–Crippen LogP) is 5.44. The highest BCUT2D eigenvalue weighted by Gasteiger charge is 2.55. The Morgan fingerprint density at radius 2 is 0.380 bits per heavy atom. The minimum absolute atomic E-state index is 1.22. The Balaban J connectivity index is 0.00000126. The van der Waals surface area contributed by atoms with Crippen molar-refractivity contribution in [1.29, 1.82) is 0 Å². The third-order valence-electron chi connectivity index (χ3n) is 7.28. The van der Waals surface area contributed by atoms with E-state index < -0.39 is 147 Å². The number of benzene rings is 4. The van der Waals surface area contributed by atoms with Crippen molar-refractivity contribution in [2.75, 3.05) is 13.1 Å². The van der Waals surface area contributed by atoms with Crippen LogP contribution in [0, 0.1) is 116 Å². The summed E-state index contributed by atoms with van der Waals surface area (Å²) in [6.07, 6.45) is 0. The van der Waals surface area contributed by atoms with Gasteiger partial charge in [-0.15, -0.1) is 17.7 Å². The highest BCUT2D eigenvalue weighted by molar-refractivity contribution is 7.20. The summed E-state index contributed by atoms with van der Waals surface area (Å²) in [5.41, 5.74) is 0. The molecule has 0 saturated heterocycles. The maximum Gasteiger partial charge on any atom is 0.300 e. The van der Waals surface area contributed by atoms with Crippen LogP contribution in [-0.2, 0) is 0 Å². The molecule has 0 atom stereocenters. The zero-order valence-electron chi connectivity index (χ0n) is 24.1. The van der Waals surface area contributed by atoms with Crippen molar-refractivity contribution in [2.24, 2.45) is 0 Å². The van der Waals surface area contributed by atoms with Gasteiger partial charge in [-0.25, -0.2) is 87.8 Å². The van der Waals surface area contributed by atoms with Gasteiger partial charge < -0.3 is 5.32 Å². The Labute approximate surface area is 267 Å². The Bertz CT molecular complexity index is 1630. The summed E-state index contributed by atoms with van der Waals surface area (Å²) in [4.78, 5) is 0. The number of hydrogen-bond donors (Lipinski definition) is 1. The molecular formula is C28H12AlF20N. The number of quaternary nitrogens is 1. The number of hydrogen-bond acceptors (Lipinski definition) is 0. The van der Waals surface area contributed by atoms with Crippen LogP contribution in [0.2, 0.25) is 0 Å². The normalized spacial score (nSPS) is 11.6. The molecule has 2 N–H and O–H groups in total. The standard InChI is InChI=1S/4C6F5.C4H11N.Al/c4*7-2-1-3(8)5(10)6(11)4(2)9;1-3-5-4-2;/h;;;;5H,3-4H2,1-2H3;/q;;;;;-1/p+1. The molecule has 0 bridgehead atoms. The lowest BCUT2D eigenvalue weighted by molar-refractivity contribution is -0.648. The molecule has 0 aromatic heterocycles. The summed E-state index contributed by atoms with van der Waals surface area (Å²) in [7, 11) is 0.